The third-order valence-electron chi connectivity index (χ3n) is 3.72. The first kappa shape index (κ1) is 15.4. The topological polar surface area (TPSA) is 32.3 Å². The average molecular weight is 343 g/mol. The summed E-state index contributed by atoms with van der Waals surface area (Å²) in [5.41, 5.74) is 0.578. The van der Waals surface area contributed by atoms with E-state index in [9.17, 15) is 9.18 Å². The normalized spacial score (nSPS) is 18.1. The number of nitrogens with one attached hydrogen (secondary N) is 1. The molecule has 20 heavy (non-hydrogen) atoms. The van der Waals surface area contributed by atoms with E-state index in [0.29, 0.717) is 10.0 Å². The van der Waals surface area contributed by atoms with E-state index >= 15 is 0 Å². The summed E-state index contributed by atoms with van der Waals surface area (Å²) in [5.74, 6) is -0.160. The molecular weight excluding hydrogens is 323 g/mol. The largest absolute Gasteiger partial charge is 0.341 e. The maximum atomic E-state index is 13.9. The van der Waals surface area contributed by atoms with Crippen LogP contribution in [0.4, 0.5) is 4.39 Å². The Hall–Kier alpha value is -0.940. The van der Waals surface area contributed by atoms with Gasteiger partial charge in [-0.05, 0) is 38.8 Å². The van der Waals surface area contributed by atoms with Crippen molar-refractivity contribution in [3.8, 4) is 0 Å². The molecule has 2 rings (SSSR count). The molecule has 1 saturated heterocycles. The van der Waals surface area contributed by atoms with Crippen molar-refractivity contribution in [2.75, 3.05) is 13.1 Å². The Labute approximate surface area is 127 Å². The number of hydrogen-bond acceptors (Lipinski definition) is 2. The zero-order chi connectivity index (χ0) is 14.7. The van der Waals surface area contributed by atoms with E-state index in [-0.39, 0.29) is 23.8 Å². The first-order chi connectivity index (χ1) is 9.49. The van der Waals surface area contributed by atoms with Crippen LogP contribution >= 0.6 is 15.9 Å². The second-order valence-corrected chi connectivity index (χ2v) is 6.22. The molecule has 2 atom stereocenters. The number of hydrogen-bond donors (Lipinski definition) is 1. The molecule has 1 N–H and O–H groups in total. The number of rotatable bonds is 4. The van der Waals surface area contributed by atoms with Crippen LogP contribution in [-0.4, -0.2) is 29.9 Å². The fourth-order valence-electron chi connectivity index (χ4n) is 2.60. The monoisotopic (exact) mass is 342 g/mol. The van der Waals surface area contributed by atoms with Crippen molar-refractivity contribution in [3.63, 3.8) is 0 Å². The van der Waals surface area contributed by atoms with E-state index in [4.69, 9.17) is 0 Å². The Morgan fingerprint density at radius 1 is 1.35 bits per heavy atom. The Bertz CT molecular complexity index is 489. The van der Waals surface area contributed by atoms with Crippen LogP contribution in [0.1, 0.15) is 38.3 Å². The van der Waals surface area contributed by atoms with Gasteiger partial charge in [0.05, 0.1) is 6.04 Å². The number of likely N-dealkylation sites (tertiary alicyclic amines) is 1. The van der Waals surface area contributed by atoms with Crippen LogP contribution in [0.25, 0.3) is 0 Å². The summed E-state index contributed by atoms with van der Waals surface area (Å²) in [5, 5.41) is 3.19. The molecule has 0 spiro atoms. The summed E-state index contributed by atoms with van der Waals surface area (Å²) in [7, 11) is 0. The third-order valence-corrected chi connectivity index (χ3v) is 4.21. The minimum atomic E-state index is -0.300. The van der Waals surface area contributed by atoms with E-state index < -0.39 is 0 Å². The molecule has 1 aromatic carbocycles. The van der Waals surface area contributed by atoms with E-state index in [2.05, 4.69) is 21.2 Å². The Balaban J connectivity index is 1.99. The minimum absolute atomic E-state index is 0.104. The van der Waals surface area contributed by atoms with Crippen LogP contribution in [0.3, 0.4) is 0 Å². The molecule has 0 aliphatic carbocycles. The number of carbonyl (C=O) groups is 1. The molecule has 110 valence electrons. The number of nitrogens with zero attached hydrogens (tertiary/aromatic N) is 1. The maximum absolute atomic E-state index is 13.9. The van der Waals surface area contributed by atoms with Gasteiger partial charge in [0.1, 0.15) is 5.82 Å². The molecular formula is C15H20BrFN2O. The molecule has 0 radical (unpaired) electrons. The molecule has 2 unspecified atom stereocenters. The van der Waals surface area contributed by atoms with Crippen LogP contribution in [0.2, 0.25) is 0 Å². The molecule has 1 aliphatic rings. The van der Waals surface area contributed by atoms with Crippen molar-refractivity contribution in [3.05, 3.63) is 34.1 Å². The first-order valence-corrected chi connectivity index (χ1v) is 7.78. The predicted octanol–water partition coefficient (Wildman–Crippen LogP) is 3.25. The highest BCUT2D eigenvalue weighted by molar-refractivity contribution is 9.10. The van der Waals surface area contributed by atoms with Crippen molar-refractivity contribution in [2.45, 2.75) is 38.8 Å². The van der Waals surface area contributed by atoms with Crippen LogP contribution in [0.15, 0.2) is 22.7 Å². The summed E-state index contributed by atoms with van der Waals surface area (Å²) in [6.07, 6.45) is 2.16. The predicted molar refractivity (Wildman–Crippen MR) is 80.9 cm³/mol. The molecule has 1 aliphatic heterocycles. The van der Waals surface area contributed by atoms with Crippen molar-refractivity contribution in [1.82, 2.24) is 10.2 Å². The van der Waals surface area contributed by atoms with Crippen LogP contribution in [0.5, 0.6) is 0 Å². The van der Waals surface area contributed by atoms with Crippen molar-refractivity contribution < 1.29 is 9.18 Å². The van der Waals surface area contributed by atoms with Crippen LogP contribution in [0, 0.1) is 5.82 Å². The Morgan fingerprint density at radius 2 is 2.00 bits per heavy atom. The molecule has 0 bridgehead atoms. The SMILES string of the molecule is CC(NC(C)c1ccc(Br)cc1F)C(=O)N1CCCC1. The third kappa shape index (κ3) is 3.58. The summed E-state index contributed by atoms with van der Waals surface area (Å²) in [6.45, 7) is 5.39. The molecule has 0 aromatic heterocycles. The zero-order valence-corrected chi connectivity index (χ0v) is 13.4. The smallest absolute Gasteiger partial charge is 0.239 e. The lowest BCUT2D eigenvalue weighted by Crippen LogP contribution is -2.44. The quantitative estimate of drug-likeness (QED) is 0.910. The van der Waals surface area contributed by atoms with Gasteiger partial charge in [0, 0.05) is 29.2 Å². The van der Waals surface area contributed by atoms with Gasteiger partial charge >= 0.3 is 0 Å². The maximum Gasteiger partial charge on any atom is 0.239 e. The highest BCUT2D eigenvalue weighted by Gasteiger charge is 2.24. The van der Waals surface area contributed by atoms with Gasteiger partial charge in [-0.25, -0.2) is 4.39 Å². The molecule has 1 amide bonds. The molecule has 0 saturated carbocycles. The highest BCUT2D eigenvalue weighted by Crippen LogP contribution is 2.21. The van der Waals surface area contributed by atoms with Gasteiger partial charge in [-0.2, -0.15) is 0 Å². The fraction of sp³-hybridized carbons (Fsp3) is 0.533. The van der Waals surface area contributed by atoms with Gasteiger partial charge in [-0.1, -0.05) is 22.0 Å². The standard InChI is InChI=1S/C15H20BrFN2O/c1-10(13-6-5-12(16)9-14(13)17)18-11(2)15(20)19-7-3-4-8-19/h5-6,9-11,18H,3-4,7-8H2,1-2H3. The number of carbonyl (C=O) groups excluding carboxylic acids is 1. The minimum Gasteiger partial charge on any atom is -0.341 e. The Kier molecular flexibility index (Phi) is 5.16. The lowest BCUT2D eigenvalue weighted by Gasteiger charge is -2.24. The summed E-state index contributed by atoms with van der Waals surface area (Å²) in [6, 6.07) is 4.49. The summed E-state index contributed by atoms with van der Waals surface area (Å²) < 4.78 is 14.6. The second kappa shape index (κ2) is 6.68. The van der Waals surface area contributed by atoms with Crippen molar-refractivity contribution >= 4 is 21.8 Å². The van der Waals surface area contributed by atoms with Crippen molar-refractivity contribution in [1.29, 1.82) is 0 Å². The van der Waals surface area contributed by atoms with Gasteiger partial charge in [0.25, 0.3) is 0 Å². The molecule has 5 heteroatoms. The van der Waals surface area contributed by atoms with Crippen LogP contribution in [-0.2, 0) is 4.79 Å². The lowest BCUT2D eigenvalue weighted by molar-refractivity contribution is -0.132. The summed E-state index contributed by atoms with van der Waals surface area (Å²) >= 11 is 3.24. The average Bonchev–Trinajstić information content (AvgIpc) is 2.91. The Morgan fingerprint density at radius 3 is 2.60 bits per heavy atom. The second-order valence-electron chi connectivity index (χ2n) is 5.31. The van der Waals surface area contributed by atoms with Gasteiger partial charge in [-0.15, -0.1) is 0 Å². The van der Waals surface area contributed by atoms with Gasteiger partial charge in [0.15, 0.2) is 0 Å². The van der Waals surface area contributed by atoms with E-state index in [1.807, 2.05) is 24.8 Å². The fourth-order valence-corrected chi connectivity index (χ4v) is 2.93. The molecule has 1 fully saturated rings. The van der Waals surface area contributed by atoms with E-state index in [1.165, 1.54) is 6.07 Å². The highest BCUT2D eigenvalue weighted by atomic mass is 79.9. The molecule has 3 nitrogen and oxygen atoms in total. The van der Waals surface area contributed by atoms with Crippen molar-refractivity contribution in [2.24, 2.45) is 0 Å². The van der Waals surface area contributed by atoms with Gasteiger partial charge in [0.2, 0.25) is 5.91 Å². The lowest BCUT2D eigenvalue weighted by atomic mass is 10.1. The van der Waals surface area contributed by atoms with Gasteiger partial charge < -0.3 is 4.90 Å². The van der Waals surface area contributed by atoms with Gasteiger partial charge in [-0.3, -0.25) is 10.1 Å². The van der Waals surface area contributed by atoms with E-state index in [1.54, 1.807) is 6.07 Å². The number of halogens is 2. The molecule has 1 aromatic rings. The van der Waals surface area contributed by atoms with E-state index in [0.717, 1.165) is 25.9 Å². The first-order valence-electron chi connectivity index (χ1n) is 6.99. The number of benzene rings is 1. The summed E-state index contributed by atoms with van der Waals surface area (Å²) in [4.78, 5) is 14.1. The molecule has 1 heterocycles. The number of amides is 1. The zero-order valence-electron chi connectivity index (χ0n) is 11.8. The van der Waals surface area contributed by atoms with Crippen LogP contribution < -0.4 is 5.32 Å².